The first-order chi connectivity index (χ1) is 8.94. The van der Waals surface area contributed by atoms with Crippen molar-refractivity contribution < 1.29 is 8.85 Å². The first-order valence-corrected chi connectivity index (χ1v) is 9.28. The highest BCUT2D eigenvalue weighted by Crippen LogP contribution is 2.21. The Balaban J connectivity index is 2.10. The molecular formula is C16H20O2Si. The van der Waals surface area contributed by atoms with E-state index in [2.05, 4.69) is 39.1 Å². The maximum absolute atomic E-state index is 6.04. The van der Waals surface area contributed by atoms with Crippen molar-refractivity contribution >= 4 is 8.56 Å². The molecule has 0 atom stereocenters. The third kappa shape index (κ3) is 4.14. The van der Waals surface area contributed by atoms with Crippen LogP contribution in [0.1, 0.15) is 11.1 Å². The second-order valence-corrected chi connectivity index (χ2v) is 8.44. The second kappa shape index (κ2) is 5.49. The molecule has 0 fully saturated rings. The van der Waals surface area contributed by atoms with Gasteiger partial charge in [-0.2, -0.15) is 0 Å². The van der Waals surface area contributed by atoms with E-state index in [0.717, 1.165) is 11.5 Å². The zero-order chi connectivity index (χ0) is 13.9. The average molecular weight is 272 g/mol. The topological polar surface area (TPSA) is 18.5 Å². The molecule has 0 aliphatic carbocycles. The second-order valence-electron chi connectivity index (χ2n) is 5.24. The van der Waals surface area contributed by atoms with Crippen LogP contribution in [-0.2, 0) is 0 Å². The molecule has 3 heteroatoms. The Morgan fingerprint density at radius 1 is 0.737 bits per heavy atom. The third-order valence-electron chi connectivity index (χ3n) is 2.71. The van der Waals surface area contributed by atoms with Gasteiger partial charge >= 0.3 is 8.56 Å². The van der Waals surface area contributed by atoms with E-state index in [4.69, 9.17) is 8.85 Å². The molecule has 2 nitrogen and oxygen atoms in total. The molecule has 0 aliphatic heterocycles. The highest BCUT2D eigenvalue weighted by molar-refractivity contribution is 6.66. The van der Waals surface area contributed by atoms with Crippen LogP contribution in [0.2, 0.25) is 13.1 Å². The molecule has 0 radical (unpaired) electrons. The summed E-state index contributed by atoms with van der Waals surface area (Å²) in [4.78, 5) is 0. The van der Waals surface area contributed by atoms with Gasteiger partial charge in [-0.3, -0.25) is 0 Å². The Morgan fingerprint density at radius 3 is 1.53 bits per heavy atom. The van der Waals surface area contributed by atoms with Crippen LogP contribution >= 0.6 is 0 Å². The lowest BCUT2D eigenvalue weighted by atomic mass is 10.2. The Hall–Kier alpha value is -1.74. The maximum atomic E-state index is 6.04. The van der Waals surface area contributed by atoms with E-state index in [1.807, 2.05) is 36.4 Å². The molecule has 0 spiro atoms. The normalized spacial score (nSPS) is 11.2. The summed E-state index contributed by atoms with van der Waals surface area (Å²) in [7, 11) is -2.23. The van der Waals surface area contributed by atoms with Gasteiger partial charge in [-0.05, 0) is 49.2 Å². The van der Waals surface area contributed by atoms with E-state index in [0.29, 0.717) is 0 Å². The van der Waals surface area contributed by atoms with Gasteiger partial charge in [-0.15, -0.1) is 0 Å². The van der Waals surface area contributed by atoms with Crippen LogP contribution in [0.5, 0.6) is 11.5 Å². The molecule has 0 amide bonds. The fraction of sp³-hybridized carbons (Fsp3) is 0.250. The smallest absolute Gasteiger partial charge is 0.454 e. The minimum Gasteiger partial charge on any atom is -0.512 e. The van der Waals surface area contributed by atoms with Gasteiger partial charge in [0.1, 0.15) is 11.5 Å². The number of aryl methyl sites for hydroxylation is 2. The van der Waals surface area contributed by atoms with Gasteiger partial charge in [-0.1, -0.05) is 24.3 Å². The van der Waals surface area contributed by atoms with Crippen molar-refractivity contribution in [2.45, 2.75) is 26.9 Å². The monoisotopic (exact) mass is 272 g/mol. The molecule has 2 rings (SSSR count). The van der Waals surface area contributed by atoms with Crippen LogP contribution in [0.3, 0.4) is 0 Å². The van der Waals surface area contributed by atoms with E-state index < -0.39 is 8.56 Å². The number of benzene rings is 2. The highest BCUT2D eigenvalue weighted by atomic mass is 28.4. The van der Waals surface area contributed by atoms with Crippen LogP contribution in [0.4, 0.5) is 0 Å². The number of rotatable bonds is 4. The Kier molecular flexibility index (Phi) is 3.95. The third-order valence-corrected chi connectivity index (χ3v) is 4.16. The van der Waals surface area contributed by atoms with Gasteiger partial charge in [0.15, 0.2) is 0 Å². The largest absolute Gasteiger partial charge is 0.512 e. The van der Waals surface area contributed by atoms with Crippen molar-refractivity contribution in [2.75, 3.05) is 0 Å². The Bertz CT molecular complexity index is 515. The molecule has 2 aromatic rings. The number of hydrogen-bond acceptors (Lipinski definition) is 2. The molecule has 2 aromatic carbocycles. The average Bonchev–Trinajstić information content (AvgIpc) is 2.27. The predicted octanol–water partition coefficient (Wildman–Crippen LogP) is 4.46. The molecule has 0 aliphatic rings. The Labute approximate surface area is 116 Å². The van der Waals surface area contributed by atoms with E-state index in [1.54, 1.807) is 0 Å². The summed E-state index contributed by atoms with van der Waals surface area (Å²) in [6.07, 6.45) is 0. The molecule has 100 valence electrons. The lowest BCUT2D eigenvalue weighted by Gasteiger charge is -2.25. The molecular weight excluding hydrogens is 252 g/mol. The van der Waals surface area contributed by atoms with Crippen molar-refractivity contribution in [3.63, 3.8) is 0 Å². The summed E-state index contributed by atoms with van der Waals surface area (Å²) < 4.78 is 12.1. The fourth-order valence-electron chi connectivity index (χ4n) is 1.95. The van der Waals surface area contributed by atoms with Crippen molar-refractivity contribution in [1.82, 2.24) is 0 Å². The van der Waals surface area contributed by atoms with Crippen molar-refractivity contribution in [2.24, 2.45) is 0 Å². The predicted molar refractivity (Wildman–Crippen MR) is 81.1 cm³/mol. The summed E-state index contributed by atoms with van der Waals surface area (Å²) in [6.45, 7) is 8.22. The summed E-state index contributed by atoms with van der Waals surface area (Å²) >= 11 is 0. The first kappa shape index (κ1) is 13.7. The SMILES string of the molecule is Cc1cccc(O[Si](C)(C)Oc2cccc(C)c2)c1. The molecule has 0 saturated heterocycles. The van der Waals surface area contributed by atoms with Gasteiger partial charge in [0.25, 0.3) is 0 Å². The summed E-state index contributed by atoms with van der Waals surface area (Å²) in [5.41, 5.74) is 2.38. The van der Waals surface area contributed by atoms with Gasteiger partial charge in [0, 0.05) is 13.1 Å². The fourth-order valence-corrected chi connectivity index (χ4v) is 3.38. The number of hydrogen-bond donors (Lipinski definition) is 0. The van der Waals surface area contributed by atoms with Gasteiger partial charge in [0.2, 0.25) is 0 Å². The zero-order valence-electron chi connectivity index (χ0n) is 11.9. The standard InChI is InChI=1S/C16H20O2Si/c1-13-7-5-9-15(11-13)17-19(3,4)18-16-10-6-8-14(2)12-16/h5-12H,1-4H3. The van der Waals surface area contributed by atoms with Crippen LogP contribution in [0.15, 0.2) is 48.5 Å². The maximum Gasteiger partial charge on any atom is 0.454 e. The molecule has 0 saturated carbocycles. The minimum absolute atomic E-state index is 0.879. The van der Waals surface area contributed by atoms with Crippen molar-refractivity contribution in [3.8, 4) is 11.5 Å². The van der Waals surface area contributed by atoms with Crippen LogP contribution in [0.25, 0.3) is 0 Å². The van der Waals surface area contributed by atoms with Crippen LogP contribution in [0, 0.1) is 13.8 Å². The lowest BCUT2D eigenvalue weighted by molar-refractivity contribution is 0.399. The van der Waals surface area contributed by atoms with Gasteiger partial charge in [0.05, 0.1) is 0 Å². The molecule has 0 heterocycles. The lowest BCUT2D eigenvalue weighted by Crippen LogP contribution is -2.41. The highest BCUT2D eigenvalue weighted by Gasteiger charge is 2.29. The van der Waals surface area contributed by atoms with Gasteiger partial charge < -0.3 is 8.85 Å². The molecule has 0 unspecified atom stereocenters. The summed E-state index contributed by atoms with van der Waals surface area (Å²) in [5.74, 6) is 1.76. The molecule has 0 aromatic heterocycles. The van der Waals surface area contributed by atoms with Crippen LogP contribution < -0.4 is 8.85 Å². The van der Waals surface area contributed by atoms with E-state index >= 15 is 0 Å². The quantitative estimate of drug-likeness (QED) is 0.765. The summed E-state index contributed by atoms with van der Waals surface area (Å²) in [5, 5.41) is 0. The Morgan fingerprint density at radius 2 is 1.16 bits per heavy atom. The van der Waals surface area contributed by atoms with Gasteiger partial charge in [-0.25, -0.2) is 0 Å². The molecule has 19 heavy (non-hydrogen) atoms. The van der Waals surface area contributed by atoms with Crippen molar-refractivity contribution in [1.29, 1.82) is 0 Å². The van der Waals surface area contributed by atoms with Crippen molar-refractivity contribution in [3.05, 3.63) is 59.7 Å². The van der Waals surface area contributed by atoms with E-state index in [1.165, 1.54) is 11.1 Å². The first-order valence-electron chi connectivity index (χ1n) is 6.46. The summed E-state index contributed by atoms with van der Waals surface area (Å²) in [6, 6.07) is 16.1. The van der Waals surface area contributed by atoms with Crippen LogP contribution in [-0.4, -0.2) is 8.56 Å². The van der Waals surface area contributed by atoms with E-state index in [9.17, 15) is 0 Å². The van der Waals surface area contributed by atoms with E-state index in [-0.39, 0.29) is 0 Å². The zero-order valence-corrected chi connectivity index (χ0v) is 12.9. The molecule has 0 N–H and O–H groups in total. The molecule has 0 bridgehead atoms. The minimum atomic E-state index is -2.23.